The third kappa shape index (κ3) is 2.45. The van der Waals surface area contributed by atoms with Crippen molar-refractivity contribution < 1.29 is 8.42 Å². The first kappa shape index (κ1) is 15.0. The molecule has 0 radical (unpaired) electrons. The van der Waals surface area contributed by atoms with Crippen molar-refractivity contribution in [3.63, 3.8) is 0 Å². The van der Waals surface area contributed by atoms with Crippen LogP contribution in [-0.4, -0.2) is 31.2 Å². The Kier molecular flexibility index (Phi) is 3.88. The molecular weight excluding hydrogens is 274 g/mol. The van der Waals surface area contributed by atoms with E-state index in [2.05, 4.69) is 23.8 Å². The zero-order valence-electron chi connectivity index (χ0n) is 12.1. The SMILES string of the molecule is CCC(CC)(CN)c1nc2ccc(S(C)(=O)=O)cc2[nH]1. The summed E-state index contributed by atoms with van der Waals surface area (Å²) in [5, 5.41) is 0. The van der Waals surface area contributed by atoms with Gasteiger partial charge in [0.2, 0.25) is 0 Å². The van der Waals surface area contributed by atoms with Crippen LogP contribution in [0.15, 0.2) is 23.1 Å². The van der Waals surface area contributed by atoms with Gasteiger partial charge in [-0.25, -0.2) is 13.4 Å². The van der Waals surface area contributed by atoms with Crippen molar-refractivity contribution in [3.05, 3.63) is 24.0 Å². The Labute approximate surface area is 119 Å². The Morgan fingerprint density at radius 2 is 1.95 bits per heavy atom. The number of nitrogens with zero attached hydrogens (tertiary/aromatic N) is 1. The van der Waals surface area contributed by atoms with Crippen LogP contribution in [-0.2, 0) is 15.3 Å². The first-order chi connectivity index (χ1) is 9.36. The van der Waals surface area contributed by atoms with Crippen LogP contribution in [0.1, 0.15) is 32.5 Å². The highest BCUT2D eigenvalue weighted by Crippen LogP contribution is 2.30. The van der Waals surface area contributed by atoms with Gasteiger partial charge < -0.3 is 10.7 Å². The van der Waals surface area contributed by atoms with Crippen molar-refractivity contribution in [1.29, 1.82) is 0 Å². The van der Waals surface area contributed by atoms with Crippen LogP contribution in [0.25, 0.3) is 11.0 Å². The molecule has 2 rings (SSSR count). The third-order valence-electron chi connectivity index (χ3n) is 4.13. The lowest BCUT2D eigenvalue weighted by Crippen LogP contribution is -2.35. The minimum Gasteiger partial charge on any atom is -0.341 e. The van der Waals surface area contributed by atoms with Gasteiger partial charge in [-0.1, -0.05) is 13.8 Å². The highest BCUT2D eigenvalue weighted by atomic mass is 32.2. The van der Waals surface area contributed by atoms with Crippen LogP contribution in [0.2, 0.25) is 0 Å². The van der Waals surface area contributed by atoms with Gasteiger partial charge in [-0.15, -0.1) is 0 Å². The molecule has 0 bridgehead atoms. The molecule has 0 unspecified atom stereocenters. The van der Waals surface area contributed by atoms with E-state index in [0.29, 0.717) is 11.4 Å². The molecule has 0 spiro atoms. The van der Waals surface area contributed by atoms with Crippen LogP contribution in [0.5, 0.6) is 0 Å². The van der Waals surface area contributed by atoms with E-state index in [9.17, 15) is 8.42 Å². The van der Waals surface area contributed by atoms with Crippen LogP contribution in [0.3, 0.4) is 0 Å². The normalized spacial score (nSPS) is 13.0. The lowest BCUT2D eigenvalue weighted by Gasteiger charge is -2.27. The smallest absolute Gasteiger partial charge is 0.175 e. The Morgan fingerprint density at radius 1 is 1.30 bits per heavy atom. The van der Waals surface area contributed by atoms with Crippen LogP contribution in [0, 0.1) is 0 Å². The maximum Gasteiger partial charge on any atom is 0.175 e. The summed E-state index contributed by atoms with van der Waals surface area (Å²) in [6.45, 7) is 4.69. The number of hydrogen-bond donors (Lipinski definition) is 2. The number of aromatic nitrogens is 2. The molecule has 5 nitrogen and oxygen atoms in total. The van der Waals surface area contributed by atoms with Gasteiger partial charge >= 0.3 is 0 Å². The van der Waals surface area contributed by atoms with E-state index < -0.39 is 9.84 Å². The van der Waals surface area contributed by atoms with Gasteiger partial charge in [-0.2, -0.15) is 0 Å². The standard InChI is InChI=1S/C14H21N3O2S/c1-4-14(5-2,9-15)13-16-11-7-6-10(20(3,18)19)8-12(11)17-13/h6-8H,4-5,9,15H2,1-3H3,(H,16,17). The highest BCUT2D eigenvalue weighted by Gasteiger charge is 2.30. The predicted octanol–water partition coefficient (Wildman–Crippen LogP) is 1.98. The summed E-state index contributed by atoms with van der Waals surface area (Å²) < 4.78 is 23.2. The minimum atomic E-state index is -3.21. The van der Waals surface area contributed by atoms with E-state index in [-0.39, 0.29) is 5.41 Å². The molecule has 1 aromatic carbocycles. The van der Waals surface area contributed by atoms with E-state index in [4.69, 9.17) is 5.73 Å². The zero-order chi connectivity index (χ0) is 15.0. The lowest BCUT2D eigenvalue weighted by molar-refractivity contribution is 0.387. The van der Waals surface area contributed by atoms with E-state index >= 15 is 0 Å². The molecule has 0 aliphatic carbocycles. The number of aromatic amines is 1. The number of fused-ring (bicyclic) bond motifs is 1. The molecule has 1 aromatic heterocycles. The summed E-state index contributed by atoms with van der Waals surface area (Å²) in [5.41, 5.74) is 7.26. The number of sulfone groups is 1. The minimum absolute atomic E-state index is 0.176. The van der Waals surface area contributed by atoms with Gasteiger partial charge in [0.15, 0.2) is 9.84 Å². The molecule has 0 saturated carbocycles. The molecule has 6 heteroatoms. The van der Waals surface area contributed by atoms with Crippen LogP contribution >= 0.6 is 0 Å². The maximum atomic E-state index is 11.6. The van der Waals surface area contributed by atoms with Crippen molar-refractivity contribution in [2.75, 3.05) is 12.8 Å². The fraction of sp³-hybridized carbons (Fsp3) is 0.500. The largest absolute Gasteiger partial charge is 0.341 e. The van der Waals surface area contributed by atoms with E-state index in [1.165, 1.54) is 6.26 Å². The number of nitrogens with two attached hydrogens (primary N) is 1. The molecule has 0 atom stereocenters. The summed E-state index contributed by atoms with van der Waals surface area (Å²) in [4.78, 5) is 8.13. The topological polar surface area (TPSA) is 88.8 Å². The van der Waals surface area contributed by atoms with Crippen molar-refractivity contribution in [2.45, 2.75) is 37.0 Å². The van der Waals surface area contributed by atoms with Gasteiger partial charge in [0, 0.05) is 18.2 Å². The molecule has 0 fully saturated rings. The van der Waals surface area contributed by atoms with Crippen molar-refractivity contribution in [1.82, 2.24) is 9.97 Å². The second kappa shape index (κ2) is 5.18. The summed E-state index contributed by atoms with van der Waals surface area (Å²) in [7, 11) is -3.21. The molecule has 0 aliphatic heterocycles. The second-order valence-corrected chi connectivity index (χ2v) is 7.24. The van der Waals surface area contributed by atoms with Gasteiger partial charge in [0.05, 0.1) is 15.9 Å². The molecule has 20 heavy (non-hydrogen) atoms. The molecule has 1 heterocycles. The Balaban J connectivity index is 2.59. The fourth-order valence-electron chi connectivity index (χ4n) is 2.44. The highest BCUT2D eigenvalue weighted by molar-refractivity contribution is 7.90. The Morgan fingerprint density at radius 3 is 2.45 bits per heavy atom. The van der Waals surface area contributed by atoms with Crippen LogP contribution < -0.4 is 5.73 Å². The summed E-state index contributed by atoms with van der Waals surface area (Å²) in [5.74, 6) is 0.839. The van der Waals surface area contributed by atoms with Gasteiger partial charge in [-0.3, -0.25) is 0 Å². The first-order valence-corrected chi connectivity index (χ1v) is 8.66. The van der Waals surface area contributed by atoms with Gasteiger partial charge in [0.1, 0.15) is 5.82 Å². The Hall–Kier alpha value is -1.40. The number of benzene rings is 1. The lowest BCUT2D eigenvalue weighted by atomic mass is 9.82. The van der Waals surface area contributed by atoms with Crippen molar-refractivity contribution >= 4 is 20.9 Å². The maximum absolute atomic E-state index is 11.6. The monoisotopic (exact) mass is 295 g/mol. The number of nitrogens with one attached hydrogen (secondary N) is 1. The van der Waals surface area contributed by atoms with Crippen molar-refractivity contribution in [3.8, 4) is 0 Å². The number of H-pyrrole nitrogens is 1. The molecule has 0 aliphatic rings. The second-order valence-electron chi connectivity index (χ2n) is 5.23. The van der Waals surface area contributed by atoms with Crippen molar-refractivity contribution in [2.24, 2.45) is 5.73 Å². The summed E-state index contributed by atoms with van der Waals surface area (Å²) in [6, 6.07) is 4.95. The van der Waals surface area contributed by atoms with Gasteiger partial charge in [0.25, 0.3) is 0 Å². The number of hydrogen-bond acceptors (Lipinski definition) is 4. The van der Waals surface area contributed by atoms with E-state index in [1.807, 2.05) is 0 Å². The summed E-state index contributed by atoms with van der Waals surface area (Å²) in [6.07, 6.45) is 2.98. The molecule has 0 amide bonds. The molecule has 0 saturated heterocycles. The molecule has 110 valence electrons. The molecular formula is C14H21N3O2S. The van der Waals surface area contributed by atoms with Crippen LogP contribution in [0.4, 0.5) is 0 Å². The predicted molar refractivity (Wildman–Crippen MR) is 80.5 cm³/mol. The quantitative estimate of drug-likeness (QED) is 0.882. The van der Waals surface area contributed by atoms with E-state index in [0.717, 1.165) is 29.7 Å². The van der Waals surface area contributed by atoms with Gasteiger partial charge in [-0.05, 0) is 31.0 Å². The average Bonchev–Trinajstić information content (AvgIpc) is 2.83. The zero-order valence-corrected chi connectivity index (χ0v) is 12.9. The Bertz CT molecular complexity index is 707. The molecule has 2 aromatic rings. The summed E-state index contributed by atoms with van der Waals surface area (Å²) >= 11 is 0. The average molecular weight is 295 g/mol. The third-order valence-corrected chi connectivity index (χ3v) is 5.24. The molecule has 3 N–H and O–H groups in total. The number of imidazole rings is 1. The fourth-order valence-corrected chi connectivity index (χ4v) is 3.09. The van der Waals surface area contributed by atoms with E-state index in [1.54, 1.807) is 18.2 Å². The number of rotatable bonds is 5. The first-order valence-electron chi connectivity index (χ1n) is 6.76.